The summed E-state index contributed by atoms with van der Waals surface area (Å²) in [6.45, 7) is 3.89. The van der Waals surface area contributed by atoms with Crippen molar-refractivity contribution in [2.75, 3.05) is 33.3 Å². The molecule has 6 heteroatoms. The van der Waals surface area contributed by atoms with Crippen molar-refractivity contribution >= 4 is 11.8 Å². The van der Waals surface area contributed by atoms with Gasteiger partial charge in [-0.1, -0.05) is 12.1 Å². The highest BCUT2D eigenvalue weighted by atomic mass is 16.5. The number of rotatable bonds is 3. The third-order valence-corrected chi connectivity index (χ3v) is 4.28. The lowest BCUT2D eigenvalue weighted by atomic mass is 10.1. The van der Waals surface area contributed by atoms with Crippen molar-refractivity contribution in [3.8, 4) is 5.75 Å². The van der Waals surface area contributed by atoms with Gasteiger partial charge in [0.1, 0.15) is 11.4 Å². The van der Waals surface area contributed by atoms with Crippen LogP contribution in [-0.2, 0) is 0 Å². The molecule has 1 saturated heterocycles. The van der Waals surface area contributed by atoms with Crippen LogP contribution in [0.4, 0.5) is 0 Å². The van der Waals surface area contributed by atoms with Crippen LogP contribution in [-0.4, -0.2) is 59.9 Å². The number of nitrogens with zero attached hydrogens (tertiary/aromatic N) is 3. The summed E-state index contributed by atoms with van der Waals surface area (Å²) in [6, 6.07) is 12.5. The van der Waals surface area contributed by atoms with Gasteiger partial charge in [0.25, 0.3) is 11.8 Å². The van der Waals surface area contributed by atoms with E-state index >= 15 is 0 Å². The molecule has 0 radical (unpaired) electrons. The molecule has 0 spiro atoms. The zero-order chi connectivity index (χ0) is 17.8. The molecule has 1 fully saturated rings. The lowest BCUT2D eigenvalue weighted by Gasteiger charge is -2.34. The van der Waals surface area contributed by atoms with Gasteiger partial charge in [0.15, 0.2) is 0 Å². The molecular formula is C19H21N3O3. The van der Waals surface area contributed by atoms with Crippen LogP contribution in [0.15, 0.2) is 42.5 Å². The van der Waals surface area contributed by atoms with E-state index in [1.165, 1.54) is 0 Å². The minimum atomic E-state index is -0.0859. The molecule has 1 aromatic carbocycles. The predicted molar refractivity (Wildman–Crippen MR) is 93.8 cm³/mol. The van der Waals surface area contributed by atoms with Gasteiger partial charge in [-0.2, -0.15) is 0 Å². The van der Waals surface area contributed by atoms with Gasteiger partial charge in [0.2, 0.25) is 0 Å². The minimum Gasteiger partial charge on any atom is -0.497 e. The number of amides is 2. The molecule has 1 aliphatic heterocycles. The second kappa shape index (κ2) is 7.34. The fraction of sp³-hybridized carbons (Fsp3) is 0.316. The Morgan fingerprint density at radius 1 is 0.960 bits per heavy atom. The van der Waals surface area contributed by atoms with Crippen LogP contribution in [0.1, 0.15) is 26.5 Å². The molecule has 0 aliphatic carbocycles. The topological polar surface area (TPSA) is 62.7 Å². The van der Waals surface area contributed by atoms with E-state index < -0.39 is 0 Å². The fourth-order valence-corrected chi connectivity index (χ4v) is 2.88. The van der Waals surface area contributed by atoms with Gasteiger partial charge in [-0.15, -0.1) is 0 Å². The number of methoxy groups -OCH3 is 1. The second-order valence-electron chi connectivity index (χ2n) is 5.98. The molecule has 2 aromatic rings. The molecule has 0 N–H and O–H groups in total. The summed E-state index contributed by atoms with van der Waals surface area (Å²) in [5.74, 6) is 0.530. The Bertz CT molecular complexity index is 783. The van der Waals surface area contributed by atoms with Crippen LogP contribution in [0.3, 0.4) is 0 Å². The molecule has 0 unspecified atom stereocenters. The quantitative estimate of drug-likeness (QED) is 0.858. The van der Waals surface area contributed by atoms with Gasteiger partial charge < -0.3 is 14.5 Å². The maximum atomic E-state index is 12.6. The smallest absolute Gasteiger partial charge is 0.272 e. The first kappa shape index (κ1) is 17.0. The maximum absolute atomic E-state index is 12.6. The average molecular weight is 339 g/mol. The molecule has 0 bridgehead atoms. The van der Waals surface area contributed by atoms with E-state index in [-0.39, 0.29) is 11.8 Å². The fourth-order valence-electron chi connectivity index (χ4n) is 2.88. The Labute approximate surface area is 147 Å². The van der Waals surface area contributed by atoms with E-state index in [0.29, 0.717) is 43.2 Å². The normalized spacial score (nSPS) is 14.3. The zero-order valence-corrected chi connectivity index (χ0v) is 14.4. The number of ether oxygens (including phenoxy) is 1. The van der Waals surface area contributed by atoms with E-state index in [1.807, 2.05) is 25.1 Å². The molecule has 6 nitrogen and oxygen atoms in total. The number of hydrogen-bond acceptors (Lipinski definition) is 4. The number of hydrogen-bond donors (Lipinski definition) is 0. The Kier molecular flexibility index (Phi) is 4.97. The van der Waals surface area contributed by atoms with Gasteiger partial charge in [-0.25, -0.2) is 4.98 Å². The third kappa shape index (κ3) is 3.79. The van der Waals surface area contributed by atoms with Crippen molar-refractivity contribution in [1.29, 1.82) is 0 Å². The molecule has 0 atom stereocenters. The largest absolute Gasteiger partial charge is 0.497 e. The molecule has 1 aliphatic rings. The summed E-state index contributed by atoms with van der Waals surface area (Å²) in [7, 11) is 1.58. The summed E-state index contributed by atoms with van der Waals surface area (Å²) < 4.78 is 5.17. The van der Waals surface area contributed by atoms with Crippen molar-refractivity contribution in [3.63, 3.8) is 0 Å². The van der Waals surface area contributed by atoms with Crippen molar-refractivity contribution in [3.05, 3.63) is 59.4 Å². The molecule has 3 rings (SSSR count). The van der Waals surface area contributed by atoms with Crippen LogP contribution in [0.2, 0.25) is 0 Å². The van der Waals surface area contributed by atoms with E-state index in [4.69, 9.17) is 4.74 Å². The Morgan fingerprint density at radius 3 is 2.24 bits per heavy atom. The second-order valence-corrected chi connectivity index (χ2v) is 5.98. The van der Waals surface area contributed by atoms with Crippen molar-refractivity contribution < 1.29 is 14.3 Å². The summed E-state index contributed by atoms with van der Waals surface area (Å²) in [6.07, 6.45) is 0. The van der Waals surface area contributed by atoms with Gasteiger partial charge in [-0.05, 0) is 37.3 Å². The number of piperazine rings is 1. The number of carbonyl (C=O) groups excluding carboxylic acids is 2. The summed E-state index contributed by atoms with van der Waals surface area (Å²) in [5.41, 5.74) is 1.87. The Hall–Kier alpha value is -2.89. The Morgan fingerprint density at radius 2 is 1.60 bits per heavy atom. The summed E-state index contributed by atoms with van der Waals surface area (Å²) >= 11 is 0. The zero-order valence-electron chi connectivity index (χ0n) is 14.4. The first-order valence-electron chi connectivity index (χ1n) is 8.25. The van der Waals surface area contributed by atoms with Crippen LogP contribution >= 0.6 is 0 Å². The predicted octanol–water partition coefficient (Wildman–Crippen LogP) is 2.00. The molecule has 130 valence electrons. The van der Waals surface area contributed by atoms with Gasteiger partial charge in [0.05, 0.1) is 7.11 Å². The highest BCUT2D eigenvalue weighted by Gasteiger charge is 2.26. The number of pyridine rings is 1. The van der Waals surface area contributed by atoms with Crippen molar-refractivity contribution in [1.82, 2.24) is 14.8 Å². The number of aromatic nitrogens is 1. The van der Waals surface area contributed by atoms with Gasteiger partial charge in [-0.3, -0.25) is 9.59 Å². The minimum absolute atomic E-state index is 0.0420. The number of aryl methyl sites for hydroxylation is 1. The first-order chi connectivity index (χ1) is 12.1. The third-order valence-electron chi connectivity index (χ3n) is 4.28. The van der Waals surface area contributed by atoms with E-state index in [0.717, 1.165) is 5.69 Å². The molecular weight excluding hydrogens is 318 g/mol. The average Bonchev–Trinajstić information content (AvgIpc) is 2.67. The monoisotopic (exact) mass is 339 g/mol. The van der Waals surface area contributed by atoms with Gasteiger partial charge >= 0.3 is 0 Å². The van der Waals surface area contributed by atoms with Crippen LogP contribution < -0.4 is 4.74 Å². The molecule has 0 saturated carbocycles. The highest BCUT2D eigenvalue weighted by molar-refractivity contribution is 5.95. The highest BCUT2D eigenvalue weighted by Crippen LogP contribution is 2.16. The Balaban J connectivity index is 1.63. The van der Waals surface area contributed by atoms with Crippen LogP contribution in [0.5, 0.6) is 5.75 Å². The van der Waals surface area contributed by atoms with Crippen molar-refractivity contribution in [2.45, 2.75) is 6.92 Å². The molecule has 2 amide bonds. The van der Waals surface area contributed by atoms with Gasteiger partial charge in [0, 0.05) is 37.4 Å². The van der Waals surface area contributed by atoms with Crippen LogP contribution in [0, 0.1) is 6.92 Å². The van der Waals surface area contributed by atoms with Crippen LogP contribution in [0.25, 0.3) is 0 Å². The van der Waals surface area contributed by atoms with E-state index in [9.17, 15) is 9.59 Å². The summed E-state index contributed by atoms with van der Waals surface area (Å²) in [4.78, 5) is 32.9. The lowest BCUT2D eigenvalue weighted by molar-refractivity contribution is 0.0532. The van der Waals surface area contributed by atoms with Crippen molar-refractivity contribution in [2.24, 2.45) is 0 Å². The SMILES string of the molecule is COc1cccc(C(=O)N2CCN(C(=O)c3cccc(C)n3)CC2)c1. The first-order valence-corrected chi connectivity index (χ1v) is 8.25. The van der Waals surface area contributed by atoms with E-state index in [1.54, 1.807) is 41.2 Å². The number of carbonyl (C=O) groups is 2. The molecule has 25 heavy (non-hydrogen) atoms. The standard InChI is InChI=1S/C19H21N3O3/c1-14-5-3-8-17(20-14)19(24)22-11-9-21(10-12-22)18(23)15-6-4-7-16(13-15)25-2/h3-8,13H,9-12H2,1-2H3. The van der Waals surface area contributed by atoms with E-state index in [2.05, 4.69) is 4.98 Å². The summed E-state index contributed by atoms with van der Waals surface area (Å²) in [5, 5.41) is 0. The molecule has 1 aromatic heterocycles. The number of benzene rings is 1. The lowest BCUT2D eigenvalue weighted by Crippen LogP contribution is -2.50. The molecule has 2 heterocycles. The maximum Gasteiger partial charge on any atom is 0.272 e.